The summed E-state index contributed by atoms with van der Waals surface area (Å²) in [5.74, 6) is -0.320. The summed E-state index contributed by atoms with van der Waals surface area (Å²) in [5, 5.41) is 5.77. The van der Waals surface area contributed by atoms with E-state index in [1.54, 1.807) is 24.1 Å². The highest BCUT2D eigenvalue weighted by Crippen LogP contribution is 2.23. The number of amides is 4. The number of carbonyl (C=O) groups excluding carboxylic acids is 3. The van der Waals surface area contributed by atoms with Crippen molar-refractivity contribution in [2.24, 2.45) is 0 Å². The Bertz CT molecular complexity index is 944. The van der Waals surface area contributed by atoms with Gasteiger partial charge in [0.1, 0.15) is 6.54 Å². The van der Waals surface area contributed by atoms with Crippen LogP contribution in [0.15, 0.2) is 48.5 Å². The number of benzene rings is 2. The van der Waals surface area contributed by atoms with E-state index < -0.39 is 0 Å². The second-order valence-electron chi connectivity index (χ2n) is 7.52. The molecule has 0 aliphatic carbocycles. The first-order valence-corrected chi connectivity index (χ1v) is 9.80. The average molecular weight is 392 g/mol. The Morgan fingerprint density at radius 2 is 1.93 bits per heavy atom. The highest BCUT2D eigenvalue weighted by atomic mass is 16.2. The predicted molar refractivity (Wildman–Crippen MR) is 110 cm³/mol. The second-order valence-corrected chi connectivity index (χ2v) is 7.52. The third kappa shape index (κ3) is 4.08. The van der Waals surface area contributed by atoms with E-state index in [1.165, 1.54) is 4.90 Å². The molecule has 2 heterocycles. The molecule has 4 rings (SSSR count). The summed E-state index contributed by atoms with van der Waals surface area (Å²) in [6.07, 6.45) is 1.55. The third-order valence-corrected chi connectivity index (χ3v) is 5.50. The molecule has 1 fully saturated rings. The fourth-order valence-corrected chi connectivity index (χ4v) is 3.83. The molecule has 4 amide bonds. The molecule has 2 aromatic rings. The number of hydrogen-bond donors (Lipinski definition) is 2. The standard InChI is InChI=1S/C22H24N4O3/c1-25-11-9-15-7-8-17(13-18(15)21(25)28)23-20(27)14-26-12-10-19(24-22(26)29)16-5-3-2-4-6-16/h2-8,13,19H,9-12,14H2,1H3,(H,23,27)(H,24,29). The van der Waals surface area contributed by atoms with Crippen molar-refractivity contribution in [3.05, 3.63) is 65.2 Å². The van der Waals surface area contributed by atoms with Gasteiger partial charge < -0.3 is 20.4 Å². The summed E-state index contributed by atoms with van der Waals surface area (Å²) < 4.78 is 0. The van der Waals surface area contributed by atoms with E-state index in [4.69, 9.17) is 0 Å². The van der Waals surface area contributed by atoms with Crippen LogP contribution in [0.4, 0.5) is 10.5 Å². The maximum absolute atomic E-state index is 12.5. The molecule has 2 aliphatic rings. The third-order valence-electron chi connectivity index (χ3n) is 5.50. The molecule has 150 valence electrons. The molecule has 29 heavy (non-hydrogen) atoms. The number of fused-ring (bicyclic) bond motifs is 1. The molecule has 2 aromatic carbocycles. The van der Waals surface area contributed by atoms with Gasteiger partial charge in [-0.1, -0.05) is 36.4 Å². The van der Waals surface area contributed by atoms with E-state index in [9.17, 15) is 14.4 Å². The maximum Gasteiger partial charge on any atom is 0.318 e. The topological polar surface area (TPSA) is 81.8 Å². The summed E-state index contributed by atoms with van der Waals surface area (Å²) in [4.78, 5) is 40.4. The smallest absolute Gasteiger partial charge is 0.318 e. The lowest BCUT2D eigenvalue weighted by Crippen LogP contribution is -2.50. The maximum atomic E-state index is 12.5. The van der Waals surface area contributed by atoms with Crippen molar-refractivity contribution in [2.75, 3.05) is 32.0 Å². The Labute approximate surface area is 169 Å². The monoisotopic (exact) mass is 392 g/mol. The molecule has 1 unspecified atom stereocenters. The number of urea groups is 1. The summed E-state index contributed by atoms with van der Waals surface area (Å²) in [5.41, 5.74) is 3.25. The molecule has 1 atom stereocenters. The Morgan fingerprint density at radius 3 is 2.69 bits per heavy atom. The Kier molecular flexibility index (Phi) is 5.20. The van der Waals surface area contributed by atoms with Crippen LogP contribution < -0.4 is 10.6 Å². The van der Waals surface area contributed by atoms with E-state index in [0.29, 0.717) is 24.3 Å². The summed E-state index contributed by atoms with van der Waals surface area (Å²) in [6.45, 7) is 1.18. The minimum Gasteiger partial charge on any atom is -0.341 e. The predicted octanol–water partition coefficient (Wildman–Crippen LogP) is 2.41. The van der Waals surface area contributed by atoms with E-state index in [1.807, 2.05) is 36.4 Å². The summed E-state index contributed by atoms with van der Waals surface area (Å²) >= 11 is 0. The first kappa shape index (κ1) is 19.0. The SMILES string of the molecule is CN1CCc2ccc(NC(=O)CN3CCC(c4ccccc4)NC3=O)cc2C1=O. The van der Waals surface area contributed by atoms with Crippen molar-refractivity contribution in [1.29, 1.82) is 0 Å². The van der Waals surface area contributed by atoms with E-state index >= 15 is 0 Å². The normalized spacial score (nSPS) is 18.9. The van der Waals surface area contributed by atoms with Gasteiger partial charge in [-0.05, 0) is 36.1 Å². The molecule has 7 heteroatoms. The van der Waals surface area contributed by atoms with Crippen LogP contribution in [0.25, 0.3) is 0 Å². The lowest BCUT2D eigenvalue weighted by Gasteiger charge is -2.32. The van der Waals surface area contributed by atoms with Crippen molar-refractivity contribution in [1.82, 2.24) is 15.1 Å². The van der Waals surface area contributed by atoms with Gasteiger partial charge >= 0.3 is 6.03 Å². The van der Waals surface area contributed by atoms with Gasteiger partial charge in [-0.2, -0.15) is 0 Å². The van der Waals surface area contributed by atoms with Crippen LogP contribution in [-0.4, -0.2) is 54.3 Å². The lowest BCUT2D eigenvalue weighted by atomic mass is 9.99. The Hall–Kier alpha value is -3.35. The van der Waals surface area contributed by atoms with Crippen LogP contribution in [0.3, 0.4) is 0 Å². The quantitative estimate of drug-likeness (QED) is 0.838. The molecule has 0 aromatic heterocycles. The molecule has 1 saturated heterocycles. The van der Waals surface area contributed by atoms with Gasteiger partial charge in [0.15, 0.2) is 0 Å². The van der Waals surface area contributed by atoms with Gasteiger partial charge in [-0.15, -0.1) is 0 Å². The number of hydrogen-bond acceptors (Lipinski definition) is 3. The summed E-state index contributed by atoms with van der Waals surface area (Å²) in [7, 11) is 1.77. The van der Waals surface area contributed by atoms with Crippen molar-refractivity contribution in [3.63, 3.8) is 0 Å². The van der Waals surface area contributed by atoms with E-state index in [-0.39, 0.29) is 30.4 Å². The van der Waals surface area contributed by atoms with Gasteiger partial charge in [0.25, 0.3) is 5.91 Å². The van der Waals surface area contributed by atoms with E-state index in [0.717, 1.165) is 24.0 Å². The molecular formula is C22H24N4O3. The van der Waals surface area contributed by atoms with Crippen LogP contribution in [0, 0.1) is 0 Å². The molecule has 7 nitrogen and oxygen atoms in total. The minimum atomic E-state index is -0.283. The second kappa shape index (κ2) is 7.95. The number of nitrogens with one attached hydrogen (secondary N) is 2. The molecular weight excluding hydrogens is 368 g/mol. The van der Waals surface area contributed by atoms with Crippen LogP contribution in [0.5, 0.6) is 0 Å². The van der Waals surface area contributed by atoms with E-state index in [2.05, 4.69) is 10.6 Å². The molecule has 0 radical (unpaired) electrons. The number of likely N-dealkylation sites (N-methyl/N-ethyl adjacent to an activating group) is 1. The van der Waals surface area contributed by atoms with Crippen molar-refractivity contribution in [2.45, 2.75) is 18.9 Å². The average Bonchev–Trinajstić information content (AvgIpc) is 2.73. The van der Waals surface area contributed by atoms with Gasteiger partial charge in [0, 0.05) is 31.4 Å². The number of carbonyl (C=O) groups is 3. The zero-order chi connectivity index (χ0) is 20.4. The van der Waals surface area contributed by atoms with Crippen LogP contribution in [-0.2, 0) is 11.2 Å². The number of anilines is 1. The van der Waals surface area contributed by atoms with Crippen LogP contribution in [0.1, 0.15) is 33.9 Å². The first-order valence-electron chi connectivity index (χ1n) is 9.80. The zero-order valence-electron chi connectivity index (χ0n) is 16.4. The zero-order valence-corrected chi connectivity index (χ0v) is 16.4. The fraction of sp³-hybridized carbons (Fsp3) is 0.318. The van der Waals surface area contributed by atoms with Gasteiger partial charge in [0.2, 0.25) is 5.91 Å². The molecule has 2 N–H and O–H groups in total. The number of nitrogens with zero attached hydrogens (tertiary/aromatic N) is 2. The van der Waals surface area contributed by atoms with Gasteiger partial charge in [0.05, 0.1) is 6.04 Å². The fourth-order valence-electron chi connectivity index (χ4n) is 3.83. The lowest BCUT2D eigenvalue weighted by molar-refractivity contribution is -0.116. The Morgan fingerprint density at radius 1 is 1.14 bits per heavy atom. The van der Waals surface area contributed by atoms with Crippen molar-refractivity contribution in [3.8, 4) is 0 Å². The molecule has 2 aliphatic heterocycles. The van der Waals surface area contributed by atoms with Crippen molar-refractivity contribution >= 4 is 23.5 Å². The highest BCUT2D eigenvalue weighted by Gasteiger charge is 2.27. The van der Waals surface area contributed by atoms with Crippen LogP contribution in [0.2, 0.25) is 0 Å². The van der Waals surface area contributed by atoms with Gasteiger partial charge in [-0.3, -0.25) is 9.59 Å². The summed E-state index contributed by atoms with van der Waals surface area (Å²) in [6, 6.07) is 14.9. The molecule has 0 bridgehead atoms. The number of rotatable bonds is 4. The van der Waals surface area contributed by atoms with Gasteiger partial charge in [-0.25, -0.2) is 4.79 Å². The van der Waals surface area contributed by atoms with Crippen molar-refractivity contribution < 1.29 is 14.4 Å². The van der Waals surface area contributed by atoms with Crippen LogP contribution >= 0.6 is 0 Å². The molecule has 0 spiro atoms. The highest BCUT2D eigenvalue weighted by molar-refractivity contribution is 5.99. The minimum absolute atomic E-state index is 0.0295. The largest absolute Gasteiger partial charge is 0.341 e. The molecule has 0 saturated carbocycles. The Balaban J connectivity index is 1.36. The first-order chi connectivity index (χ1) is 14.0.